The number of β-amino-alcohol motifs (C(OH)–C–C–N with tert-alkyl or cyclic N) is 1. The van der Waals surface area contributed by atoms with E-state index in [0.717, 1.165) is 5.56 Å². The SMILES string of the molecule is O=C(C[C@H]1CC[C@@H]2[C@H](COC[C@H](O)CN2C(=O)Nc2ccc(Cl)c(Cl)c2)O1)NCc1ccc(F)cc1. The number of rotatable bonds is 5. The standard InChI is InChI=1S/C25H28Cl2FN3O5/c26-20-7-5-17(9-21(20)27)30-25(34)31-12-18(32)13-35-14-23-22(31)8-6-19(36-23)10-24(33)29-11-15-1-3-16(28)4-2-15/h1-5,7,9,18-19,22-23,32H,6,8,10-14H2,(H,29,33)(H,30,34)/t18-,19-,22-,23+/m1/s1. The van der Waals surface area contributed by atoms with Crippen LogP contribution in [-0.2, 0) is 20.8 Å². The molecule has 8 nitrogen and oxygen atoms in total. The molecule has 0 saturated carbocycles. The van der Waals surface area contributed by atoms with E-state index >= 15 is 0 Å². The molecule has 3 N–H and O–H groups in total. The van der Waals surface area contributed by atoms with E-state index in [0.29, 0.717) is 35.1 Å². The highest BCUT2D eigenvalue weighted by atomic mass is 35.5. The number of urea groups is 1. The van der Waals surface area contributed by atoms with Crippen molar-refractivity contribution in [1.82, 2.24) is 10.2 Å². The van der Waals surface area contributed by atoms with Gasteiger partial charge in [0.25, 0.3) is 0 Å². The van der Waals surface area contributed by atoms with E-state index < -0.39 is 18.2 Å². The summed E-state index contributed by atoms with van der Waals surface area (Å²) in [6, 6.07) is 9.98. The first-order valence-corrected chi connectivity index (χ1v) is 12.5. The van der Waals surface area contributed by atoms with E-state index in [1.807, 2.05) is 0 Å². The van der Waals surface area contributed by atoms with Gasteiger partial charge in [-0.25, -0.2) is 9.18 Å². The van der Waals surface area contributed by atoms with E-state index in [1.54, 1.807) is 35.2 Å². The summed E-state index contributed by atoms with van der Waals surface area (Å²) in [5.74, 6) is -0.511. The predicted molar refractivity (Wildman–Crippen MR) is 134 cm³/mol. The Morgan fingerprint density at radius 2 is 1.86 bits per heavy atom. The molecule has 4 rings (SSSR count). The van der Waals surface area contributed by atoms with Gasteiger partial charge in [-0.2, -0.15) is 0 Å². The number of aliphatic hydroxyl groups is 1. The first-order valence-electron chi connectivity index (χ1n) is 11.7. The second-order valence-corrected chi connectivity index (χ2v) is 9.77. The number of hydrogen-bond donors (Lipinski definition) is 3. The van der Waals surface area contributed by atoms with Crippen LogP contribution in [0.15, 0.2) is 42.5 Å². The van der Waals surface area contributed by atoms with Crippen LogP contribution in [0.2, 0.25) is 10.0 Å². The van der Waals surface area contributed by atoms with Gasteiger partial charge in [-0.05, 0) is 48.7 Å². The number of ether oxygens (including phenoxy) is 2. The molecule has 0 aliphatic carbocycles. The molecule has 3 amide bonds. The minimum Gasteiger partial charge on any atom is -0.389 e. The molecular weight excluding hydrogens is 512 g/mol. The molecule has 2 aliphatic heterocycles. The van der Waals surface area contributed by atoms with Crippen LogP contribution in [-0.4, -0.2) is 66.1 Å². The fraction of sp³-hybridized carbons (Fsp3) is 0.440. The number of nitrogens with zero attached hydrogens (tertiary/aromatic N) is 1. The monoisotopic (exact) mass is 539 g/mol. The number of halogens is 3. The average Bonchev–Trinajstić information content (AvgIpc) is 2.84. The van der Waals surface area contributed by atoms with Crippen LogP contribution in [0, 0.1) is 5.82 Å². The zero-order valence-corrected chi connectivity index (χ0v) is 21.0. The van der Waals surface area contributed by atoms with Gasteiger partial charge >= 0.3 is 6.03 Å². The van der Waals surface area contributed by atoms with Crippen molar-refractivity contribution < 1.29 is 28.6 Å². The molecule has 0 bridgehead atoms. The van der Waals surface area contributed by atoms with Gasteiger partial charge in [0.2, 0.25) is 5.91 Å². The molecule has 0 spiro atoms. The van der Waals surface area contributed by atoms with Crippen LogP contribution < -0.4 is 10.6 Å². The number of aliphatic hydroxyl groups excluding tert-OH is 1. The molecule has 0 unspecified atom stereocenters. The van der Waals surface area contributed by atoms with Crippen molar-refractivity contribution in [2.24, 2.45) is 0 Å². The Labute approximate surface area is 218 Å². The van der Waals surface area contributed by atoms with Crippen molar-refractivity contribution >= 4 is 40.8 Å². The third-order valence-electron chi connectivity index (χ3n) is 6.23. The molecule has 2 saturated heterocycles. The van der Waals surface area contributed by atoms with Crippen molar-refractivity contribution in [2.45, 2.75) is 50.2 Å². The molecule has 2 aromatic rings. The summed E-state index contributed by atoms with van der Waals surface area (Å²) in [6.07, 6.45) is -0.361. The first kappa shape index (κ1) is 26.6. The van der Waals surface area contributed by atoms with Crippen LogP contribution in [0.25, 0.3) is 0 Å². The smallest absolute Gasteiger partial charge is 0.322 e. The largest absolute Gasteiger partial charge is 0.389 e. The second kappa shape index (κ2) is 12.2. The van der Waals surface area contributed by atoms with E-state index in [9.17, 15) is 19.1 Å². The molecule has 4 atom stereocenters. The second-order valence-electron chi connectivity index (χ2n) is 8.95. The molecule has 2 heterocycles. The highest BCUT2D eigenvalue weighted by Gasteiger charge is 2.40. The maximum absolute atomic E-state index is 13.2. The highest BCUT2D eigenvalue weighted by molar-refractivity contribution is 6.42. The zero-order valence-electron chi connectivity index (χ0n) is 19.5. The minimum absolute atomic E-state index is 0.0615. The number of nitrogens with one attached hydrogen (secondary N) is 2. The highest BCUT2D eigenvalue weighted by Crippen LogP contribution is 2.29. The predicted octanol–water partition coefficient (Wildman–Crippen LogP) is 3.98. The summed E-state index contributed by atoms with van der Waals surface area (Å²) in [5.41, 5.74) is 1.27. The van der Waals surface area contributed by atoms with Crippen LogP contribution in [0.3, 0.4) is 0 Å². The number of hydrogen-bond acceptors (Lipinski definition) is 5. The van der Waals surface area contributed by atoms with Crippen LogP contribution >= 0.6 is 23.2 Å². The molecule has 36 heavy (non-hydrogen) atoms. The third kappa shape index (κ3) is 7.08. The van der Waals surface area contributed by atoms with Crippen LogP contribution in [0.5, 0.6) is 0 Å². The lowest BCUT2D eigenvalue weighted by atomic mass is 9.95. The van der Waals surface area contributed by atoms with Gasteiger partial charge in [0.15, 0.2) is 0 Å². The molecule has 194 valence electrons. The number of amides is 3. The molecular formula is C25H28Cl2FN3O5. The topological polar surface area (TPSA) is 100 Å². The maximum Gasteiger partial charge on any atom is 0.322 e. The minimum atomic E-state index is -0.847. The van der Waals surface area contributed by atoms with Gasteiger partial charge in [-0.1, -0.05) is 35.3 Å². The Hall–Kier alpha value is -2.43. The Bertz CT molecular complexity index is 1070. The fourth-order valence-corrected chi connectivity index (χ4v) is 4.72. The number of benzene rings is 2. The maximum atomic E-state index is 13.2. The molecule has 0 aromatic heterocycles. The first-order chi connectivity index (χ1) is 17.3. The van der Waals surface area contributed by atoms with Gasteiger partial charge in [0.05, 0.1) is 54.5 Å². The van der Waals surface area contributed by atoms with Crippen LogP contribution in [0.1, 0.15) is 24.8 Å². The van der Waals surface area contributed by atoms with Gasteiger partial charge in [0, 0.05) is 12.2 Å². The summed E-state index contributed by atoms with van der Waals surface area (Å²) in [6.45, 7) is 0.611. The lowest BCUT2D eigenvalue weighted by Crippen LogP contribution is -2.58. The number of carbonyl (C=O) groups excluding carboxylic acids is 2. The zero-order chi connectivity index (χ0) is 25.7. The molecule has 2 aromatic carbocycles. The van der Waals surface area contributed by atoms with Crippen molar-refractivity contribution in [2.75, 3.05) is 25.1 Å². The van der Waals surface area contributed by atoms with Crippen LogP contribution in [0.4, 0.5) is 14.9 Å². The lowest BCUT2D eigenvalue weighted by Gasteiger charge is -2.44. The van der Waals surface area contributed by atoms with Gasteiger partial charge in [0.1, 0.15) is 11.9 Å². The van der Waals surface area contributed by atoms with Crippen molar-refractivity contribution in [3.8, 4) is 0 Å². The number of anilines is 1. The molecule has 2 fully saturated rings. The van der Waals surface area contributed by atoms with E-state index in [-0.39, 0.29) is 50.0 Å². The number of fused-ring (bicyclic) bond motifs is 1. The van der Waals surface area contributed by atoms with Gasteiger partial charge < -0.3 is 30.1 Å². The summed E-state index contributed by atoms with van der Waals surface area (Å²) in [5, 5.41) is 16.6. The van der Waals surface area contributed by atoms with E-state index in [1.165, 1.54) is 12.1 Å². The third-order valence-corrected chi connectivity index (χ3v) is 6.97. The average molecular weight is 540 g/mol. The quantitative estimate of drug-likeness (QED) is 0.533. The normalized spacial score (nSPS) is 24.3. The molecule has 0 radical (unpaired) electrons. The Balaban J connectivity index is 1.36. The number of carbonyl (C=O) groups is 2. The summed E-state index contributed by atoms with van der Waals surface area (Å²) >= 11 is 12.0. The van der Waals surface area contributed by atoms with Crippen molar-refractivity contribution in [3.63, 3.8) is 0 Å². The van der Waals surface area contributed by atoms with Crippen molar-refractivity contribution in [3.05, 3.63) is 63.9 Å². The summed E-state index contributed by atoms with van der Waals surface area (Å²) in [4.78, 5) is 27.2. The van der Waals surface area contributed by atoms with Crippen molar-refractivity contribution in [1.29, 1.82) is 0 Å². The Morgan fingerprint density at radius 1 is 1.08 bits per heavy atom. The lowest BCUT2D eigenvalue weighted by molar-refractivity contribution is -0.149. The Morgan fingerprint density at radius 3 is 2.61 bits per heavy atom. The van der Waals surface area contributed by atoms with E-state index in [2.05, 4.69) is 10.6 Å². The van der Waals surface area contributed by atoms with Gasteiger partial charge in [-0.3, -0.25) is 4.79 Å². The molecule has 11 heteroatoms. The van der Waals surface area contributed by atoms with E-state index in [4.69, 9.17) is 32.7 Å². The summed E-state index contributed by atoms with van der Waals surface area (Å²) in [7, 11) is 0. The summed E-state index contributed by atoms with van der Waals surface area (Å²) < 4.78 is 24.8. The Kier molecular flexibility index (Phi) is 9.03. The van der Waals surface area contributed by atoms with Gasteiger partial charge in [-0.15, -0.1) is 0 Å². The molecule has 2 aliphatic rings. The fourth-order valence-electron chi connectivity index (χ4n) is 4.43.